The molecule has 1 aromatic heterocycles. The molecule has 70 valence electrons. The monoisotopic (exact) mass is 178 g/mol. The summed E-state index contributed by atoms with van der Waals surface area (Å²) in [5.41, 5.74) is 1.25. The van der Waals surface area contributed by atoms with Crippen molar-refractivity contribution in [3.63, 3.8) is 0 Å². The van der Waals surface area contributed by atoms with E-state index in [-0.39, 0.29) is 0 Å². The summed E-state index contributed by atoms with van der Waals surface area (Å²) >= 11 is 0. The second-order valence-electron chi connectivity index (χ2n) is 3.44. The molecular weight excluding hydrogens is 164 g/mol. The zero-order valence-corrected chi connectivity index (χ0v) is 7.73. The maximum absolute atomic E-state index is 5.47. The Hall–Kier alpha value is -0.930. The van der Waals surface area contributed by atoms with E-state index in [4.69, 9.17) is 4.74 Å². The normalized spacial score (nSPS) is 28.7. The van der Waals surface area contributed by atoms with Crippen LogP contribution in [-0.2, 0) is 4.74 Å². The molecule has 1 N–H and O–H groups in total. The van der Waals surface area contributed by atoms with Crippen molar-refractivity contribution in [3.8, 4) is 0 Å². The second-order valence-corrected chi connectivity index (χ2v) is 3.44. The largest absolute Gasteiger partial charge is 0.378 e. The maximum Gasteiger partial charge on any atom is 0.0662 e. The third-order valence-corrected chi connectivity index (χ3v) is 2.25. The molecule has 0 bridgehead atoms. The lowest BCUT2D eigenvalue weighted by Gasteiger charge is -2.29. The molecule has 2 atom stereocenters. The molecule has 0 amide bonds. The first-order valence-corrected chi connectivity index (χ1v) is 4.60. The van der Waals surface area contributed by atoms with Gasteiger partial charge in [-0.3, -0.25) is 4.98 Å². The lowest BCUT2D eigenvalue weighted by atomic mass is 10.1. The summed E-state index contributed by atoms with van der Waals surface area (Å²) in [6, 6.07) is 4.82. The van der Waals surface area contributed by atoms with Crippen LogP contribution in [0.2, 0.25) is 0 Å². The highest BCUT2D eigenvalue weighted by Crippen LogP contribution is 2.16. The van der Waals surface area contributed by atoms with Gasteiger partial charge in [-0.25, -0.2) is 0 Å². The van der Waals surface area contributed by atoms with Gasteiger partial charge in [0.15, 0.2) is 0 Å². The topological polar surface area (TPSA) is 34.1 Å². The average molecular weight is 178 g/mol. The van der Waals surface area contributed by atoms with Crippen molar-refractivity contribution in [2.75, 3.05) is 13.2 Å². The highest BCUT2D eigenvalue weighted by molar-refractivity contribution is 5.15. The van der Waals surface area contributed by atoms with E-state index < -0.39 is 0 Å². The molecule has 0 saturated carbocycles. The van der Waals surface area contributed by atoms with Crippen LogP contribution in [0.5, 0.6) is 0 Å². The van der Waals surface area contributed by atoms with Gasteiger partial charge in [0.05, 0.1) is 19.3 Å². The number of rotatable bonds is 1. The quantitative estimate of drug-likeness (QED) is 0.700. The first kappa shape index (κ1) is 8.66. The molecule has 2 rings (SSSR count). The Kier molecular flexibility index (Phi) is 2.57. The van der Waals surface area contributed by atoms with E-state index in [1.54, 1.807) is 0 Å². The molecule has 1 aromatic rings. The average Bonchev–Trinajstić information content (AvgIpc) is 2.19. The van der Waals surface area contributed by atoms with Gasteiger partial charge in [-0.05, 0) is 24.6 Å². The Balaban J connectivity index is 2.08. The van der Waals surface area contributed by atoms with Crippen molar-refractivity contribution >= 4 is 0 Å². The summed E-state index contributed by atoms with van der Waals surface area (Å²) in [6.45, 7) is 3.70. The number of pyridine rings is 1. The summed E-state index contributed by atoms with van der Waals surface area (Å²) in [4.78, 5) is 3.99. The lowest BCUT2D eigenvalue weighted by Crippen LogP contribution is -2.41. The molecule has 2 unspecified atom stereocenters. The Morgan fingerprint density at radius 3 is 2.85 bits per heavy atom. The zero-order chi connectivity index (χ0) is 9.10. The number of hydrogen-bond acceptors (Lipinski definition) is 3. The fourth-order valence-electron chi connectivity index (χ4n) is 1.59. The second kappa shape index (κ2) is 3.85. The molecule has 1 fully saturated rings. The van der Waals surface area contributed by atoms with E-state index in [2.05, 4.69) is 17.2 Å². The number of hydrogen-bond donors (Lipinski definition) is 1. The third-order valence-electron chi connectivity index (χ3n) is 2.25. The maximum atomic E-state index is 5.47. The Bertz CT molecular complexity index is 263. The van der Waals surface area contributed by atoms with Gasteiger partial charge < -0.3 is 10.1 Å². The molecule has 2 heterocycles. The summed E-state index contributed by atoms with van der Waals surface area (Å²) in [5.74, 6) is 0. The minimum atomic E-state index is 0.326. The predicted octanol–water partition coefficient (Wildman–Crippen LogP) is 1.13. The smallest absolute Gasteiger partial charge is 0.0662 e. The number of morpholine rings is 1. The van der Waals surface area contributed by atoms with Gasteiger partial charge in [0, 0.05) is 18.4 Å². The van der Waals surface area contributed by atoms with E-state index in [0.717, 1.165) is 13.2 Å². The van der Waals surface area contributed by atoms with Crippen molar-refractivity contribution in [2.45, 2.75) is 19.0 Å². The van der Waals surface area contributed by atoms with Crippen molar-refractivity contribution < 1.29 is 4.74 Å². The van der Waals surface area contributed by atoms with Gasteiger partial charge in [-0.2, -0.15) is 0 Å². The van der Waals surface area contributed by atoms with Gasteiger partial charge >= 0.3 is 0 Å². The fourth-order valence-corrected chi connectivity index (χ4v) is 1.59. The van der Waals surface area contributed by atoms with Crippen LogP contribution in [0.25, 0.3) is 0 Å². The number of nitrogens with zero attached hydrogens (tertiary/aromatic N) is 1. The first-order valence-electron chi connectivity index (χ1n) is 4.60. The minimum absolute atomic E-state index is 0.326. The van der Waals surface area contributed by atoms with Crippen molar-refractivity contribution in [2.24, 2.45) is 0 Å². The van der Waals surface area contributed by atoms with Crippen LogP contribution in [0, 0.1) is 0 Å². The molecule has 1 aliphatic heterocycles. The molecule has 3 heteroatoms. The van der Waals surface area contributed by atoms with Gasteiger partial charge in [-0.15, -0.1) is 0 Å². The summed E-state index contributed by atoms with van der Waals surface area (Å²) in [5, 5.41) is 3.48. The summed E-state index contributed by atoms with van der Waals surface area (Å²) in [6.07, 6.45) is 3.63. The molecular formula is C10H14N2O. The first-order chi connectivity index (χ1) is 6.36. The molecule has 0 aromatic carbocycles. The standard InChI is InChI=1S/C10H14N2O/c1-8-6-13-7-10(12-8)9-2-4-11-5-3-9/h2-5,8,10,12H,6-7H2,1H3. The van der Waals surface area contributed by atoms with Gasteiger partial charge in [0.25, 0.3) is 0 Å². The van der Waals surface area contributed by atoms with Gasteiger partial charge in [0.2, 0.25) is 0 Å². The Morgan fingerprint density at radius 2 is 2.15 bits per heavy atom. The van der Waals surface area contributed by atoms with E-state index in [1.165, 1.54) is 5.56 Å². The number of nitrogens with one attached hydrogen (secondary N) is 1. The highest BCUT2D eigenvalue weighted by atomic mass is 16.5. The molecule has 3 nitrogen and oxygen atoms in total. The van der Waals surface area contributed by atoms with Crippen LogP contribution in [0.4, 0.5) is 0 Å². The summed E-state index contributed by atoms with van der Waals surface area (Å²) in [7, 11) is 0. The van der Waals surface area contributed by atoms with Crippen LogP contribution >= 0.6 is 0 Å². The fraction of sp³-hybridized carbons (Fsp3) is 0.500. The van der Waals surface area contributed by atoms with Crippen LogP contribution < -0.4 is 5.32 Å². The van der Waals surface area contributed by atoms with Crippen LogP contribution in [0.1, 0.15) is 18.5 Å². The van der Waals surface area contributed by atoms with Crippen LogP contribution in [0.15, 0.2) is 24.5 Å². The number of ether oxygens (including phenoxy) is 1. The molecule has 0 aliphatic carbocycles. The van der Waals surface area contributed by atoms with Crippen molar-refractivity contribution in [1.82, 2.24) is 10.3 Å². The molecule has 1 saturated heterocycles. The molecule has 0 spiro atoms. The molecule has 1 aliphatic rings. The Morgan fingerprint density at radius 1 is 1.38 bits per heavy atom. The van der Waals surface area contributed by atoms with E-state index in [0.29, 0.717) is 12.1 Å². The van der Waals surface area contributed by atoms with Gasteiger partial charge in [0.1, 0.15) is 0 Å². The van der Waals surface area contributed by atoms with E-state index in [1.807, 2.05) is 24.5 Å². The lowest BCUT2D eigenvalue weighted by molar-refractivity contribution is 0.0504. The Labute approximate surface area is 78.1 Å². The number of aromatic nitrogens is 1. The van der Waals surface area contributed by atoms with Crippen molar-refractivity contribution in [1.29, 1.82) is 0 Å². The third kappa shape index (κ3) is 2.05. The van der Waals surface area contributed by atoms with Crippen molar-refractivity contribution in [3.05, 3.63) is 30.1 Å². The zero-order valence-electron chi connectivity index (χ0n) is 7.73. The molecule has 0 radical (unpaired) electrons. The van der Waals surface area contributed by atoms with E-state index >= 15 is 0 Å². The minimum Gasteiger partial charge on any atom is -0.378 e. The summed E-state index contributed by atoms with van der Waals surface area (Å²) < 4.78 is 5.47. The van der Waals surface area contributed by atoms with Gasteiger partial charge in [-0.1, -0.05) is 0 Å². The predicted molar refractivity (Wildman–Crippen MR) is 50.4 cm³/mol. The van der Waals surface area contributed by atoms with Crippen LogP contribution in [-0.4, -0.2) is 24.2 Å². The highest BCUT2D eigenvalue weighted by Gasteiger charge is 2.19. The SMILES string of the molecule is CC1COCC(c2ccncc2)N1. The molecule has 13 heavy (non-hydrogen) atoms. The van der Waals surface area contributed by atoms with E-state index in [9.17, 15) is 0 Å². The van der Waals surface area contributed by atoms with Crippen LogP contribution in [0.3, 0.4) is 0 Å².